The molecule has 0 aliphatic carbocycles. The molecular weight excluding hydrogens is 452 g/mol. The summed E-state index contributed by atoms with van der Waals surface area (Å²) in [5, 5.41) is 4.86. The number of nitrogens with one attached hydrogen (secondary N) is 2. The molecule has 1 aliphatic heterocycles. The van der Waals surface area contributed by atoms with E-state index >= 15 is 0 Å². The van der Waals surface area contributed by atoms with Crippen LogP contribution in [0, 0.1) is 12.8 Å². The van der Waals surface area contributed by atoms with Crippen LogP contribution in [0.25, 0.3) is 0 Å². The molecule has 11 heteroatoms. The Labute approximate surface area is 195 Å². The molecule has 0 bridgehead atoms. The van der Waals surface area contributed by atoms with Gasteiger partial charge in [-0.25, -0.2) is 4.79 Å². The van der Waals surface area contributed by atoms with Crippen LogP contribution in [-0.2, 0) is 15.6 Å². The molecule has 2 aromatic carbocycles. The quantitative estimate of drug-likeness (QED) is 0.597. The van der Waals surface area contributed by atoms with Crippen molar-refractivity contribution in [1.29, 1.82) is 0 Å². The third-order valence-corrected chi connectivity index (χ3v) is 5.11. The molecule has 0 spiro atoms. The van der Waals surface area contributed by atoms with Crippen molar-refractivity contribution in [3.8, 4) is 5.75 Å². The predicted molar refractivity (Wildman–Crippen MR) is 118 cm³/mol. The van der Waals surface area contributed by atoms with Crippen molar-refractivity contribution in [1.82, 2.24) is 10.6 Å². The van der Waals surface area contributed by atoms with Gasteiger partial charge in [0, 0.05) is 0 Å². The van der Waals surface area contributed by atoms with Gasteiger partial charge in [-0.15, -0.1) is 0 Å². The first-order valence-corrected chi connectivity index (χ1v) is 10.7. The van der Waals surface area contributed by atoms with Gasteiger partial charge in [-0.1, -0.05) is 32.0 Å². The Morgan fingerprint density at radius 2 is 1.79 bits per heavy atom. The number of carbonyl (C=O) groups is 3. The van der Waals surface area contributed by atoms with Crippen molar-refractivity contribution in [2.45, 2.75) is 39.3 Å². The molecule has 3 rings (SSSR count). The summed E-state index contributed by atoms with van der Waals surface area (Å²) in [6.45, 7) is 5.07. The number of halogens is 3. The first-order valence-electron chi connectivity index (χ1n) is 10.7. The van der Waals surface area contributed by atoms with Gasteiger partial charge in [0.05, 0.1) is 29.2 Å². The van der Waals surface area contributed by atoms with E-state index in [0.29, 0.717) is 12.2 Å². The Hall–Kier alpha value is -3.50. The maximum atomic E-state index is 13.2. The summed E-state index contributed by atoms with van der Waals surface area (Å²) in [6.07, 6.45) is -4.33. The lowest BCUT2D eigenvalue weighted by Crippen LogP contribution is -2.55. The van der Waals surface area contributed by atoms with Crippen LogP contribution in [0.3, 0.4) is 0 Å². The molecule has 2 aromatic rings. The number of hydrogen-bond acceptors (Lipinski definition) is 5. The Balaban J connectivity index is 1.68. The number of amides is 2. The summed E-state index contributed by atoms with van der Waals surface area (Å²) in [4.78, 5) is 37.2. The smallest absolute Gasteiger partial charge is 0.524 e. The molecule has 7 nitrogen and oxygen atoms in total. The van der Waals surface area contributed by atoms with E-state index in [-0.39, 0.29) is 11.5 Å². The molecule has 1 atom stereocenters. The summed E-state index contributed by atoms with van der Waals surface area (Å²) in [5.74, 6) is -2.62. The number of carbonyl (C=O) groups excluding carboxylic acids is 3. The third-order valence-electron chi connectivity index (χ3n) is 5.11. The highest BCUT2D eigenvalue weighted by atomic mass is 19.4. The number of rotatable bonds is 7. The van der Waals surface area contributed by atoms with E-state index in [0.717, 1.165) is 17.7 Å². The number of aryl methyl sites for hydroxylation is 1. The Kier molecular flexibility index (Phi) is 7.53. The van der Waals surface area contributed by atoms with Crippen LogP contribution in [0.15, 0.2) is 42.5 Å². The van der Waals surface area contributed by atoms with E-state index in [1.54, 1.807) is 18.2 Å². The second kappa shape index (κ2) is 10.2. The van der Waals surface area contributed by atoms with Crippen LogP contribution < -0.4 is 15.3 Å². The Bertz CT molecular complexity index is 1090. The van der Waals surface area contributed by atoms with Crippen molar-refractivity contribution in [3.63, 3.8) is 0 Å². The Morgan fingerprint density at radius 3 is 2.47 bits per heavy atom. The molecule has 1 heterocycles. The van der Waals surface area contributed by atoms with Crippen LogP contribution in [0.2, 0.25) is 0 Å². The van der Waals surface area contributed by atoms with Gasteiger partial charge in [-0.3, -0.25) is 9.59 Å². The maximum absolute atomic E-state index is 13.2. The number of benzene rings is 2. The van der Waals surface area contributed by atoms with Crippen LogP contribution >= 0.6 is 0 Å². The highest BCUT2D eigenvalue weighted by Gasteiger charge is 2.42. The fraction of sp³-hybridized carbons (Fsp3) is 0.348. The van der Waals surface area contributed by atoms with Gasteiger partial charge in [-0.05, 0) is 49.1 Å². The van der Waals surface area contributed by atoms with Gasteiger partial charge in [0.1, 0.15) is 5.75 Å². The SMILES string of the molecule is Cc1ccc2c(c1)OB([C@H](CC(C)C)NC(=O)CNC(=O)c1ccccc1C(F)(F)F)OC2=O. The van der Waals surface area contributed by atoms with Gasteiger partial charge in [0.25, 0.3) is 5.91 Å². The van der Waals surface area contributed by atoms with E-state index in [1.807, 2.05) is 20.8 Å². The number of fused-ring (bicyclic) bond motifs is 1. The zero-order chi connectivity index (χ0) is 25.0. The summed E-state index contributed by atoms with van der Waals surface area (Å²) in [6, 6.07) is 9.33. The second-order valence-electron chi connectivity index (χ2n) is 8.42. The highest BCUT2D eigenvalue weighted by Crippen LogP contribution is 2.32. The van der Waals surface area contributed by atoms with Crippen molar-refractivity contribution >= 4 is 24.9 Å². The topological polar surface area (TPSA) is 93.7 Å². The molecule has 34 heavy (non-hydrogen) atoms. The average molecular weight is 476 g/mol. The molecular formula is C23H24BF3N2O5. The fourth-order valence-electron chi connectivity index (χ4n) is 3.57. The average Bonchev–Trinajstić information content (AvgIpc) is 2.75. The van der Waals surface area contributed by atoms with Crippen LogP contribution in [0.4, 0.5) is 13.2 Å². The minimum Gasteiger partial charge on any atom is -0.524 e. The molecule has 2 amide bonds. The fourth-order valence-corrected chi connectivity index (χ4v) is 3.57. The largest absolute Gasteiger partial charge is 0.620 e. The molecule has 1 aliphatic rings. The zero-order valence-corrected chi connectivity index (χ0v) is 18.9. The first-order chi connectivity index (χ1) is 16.0. The summed E-state index contributed by atoms with van der Waals surface area (Å²) >= 11 is 0. The zero-order valence-electron chi connectivity index (χ0n) is 18.9. The van der Waals surface area contributed by atoms with E-state index in [2.05, 4.69) is 10.6 Å². The van der Waals surface area contributed by atoms with Gasteiger partial charge in [-0.2, -0.15) is 13.2 Å². The normalized spacial score (nSPS) is 14.1. The molecule has 0 fully saturated rings. The first kappa shape index (κ1) is 25.1. The molecule has 0 aromatic heterocycles. The van der Waals surface area contributed by atoms with Crippen molar-refractivity contribution in [2.75, 3.05) is 6.54 Å². The minimum absolute atomic E-state index is 0.0831. The second-order valence-corrected chi connectivity index (χ2v) is 8.42. The summed E-state index contributed by atoms with van der Waals surface area (Å²) in [7, 11) is -1.10. The lowest BCUT2D eigenvalue weighted by Gasteiger charge is -2.29. The van der Waals surface area contributed by atoms with Crippen molar-refractivity contribution in [3.05, 3.63) is 64.7 Å². The Morgan fingerprint density at radius 1 is 1.09 bits per heavy atom. The summed E-state index contributed by atoms with van der Waals surface area (Å²) < 4.78 is 50.7. The van der Waals surface area contributed by atoms with Crippen LogP contribution in [0.1, 0.15) is 52.1 Å². The molecule has 180 valence electrons. The van der Waals surface area contributed by atoms with E-state index in [4.69, 9.17) is 9.31 Å². The van der Waals surface area contributed by atoms with E-state index < -0.39 is 54.7 Å². The molecule has 0 radical (unpaired) electrons. The molecule has 0 saturated carbocycles. The van der Waals surface area contributed by atoms with Gasteiger partial charge in [0.2, 0.25) is 5.91 Å². The molecule has 0 saturated heterocycles. The number of alkyl halides is 3. The lowest BCUT2D eigenvalue weighted by molar-refractivity contribution is -0.137. The number of hydrogen-bond donors (Lipinski definition) is 2. The molecule has 2 N–H and O–H groups in total. The van der Waals surface area contributed by atoms with E-state index in [9.17, 15) is 27.6 Å². The monoisotopic (exact) mass is 476 g/mol. The molecule has 0 unspecified atom stereocenters. The predicted octanol–water partition coefficient (Wildman–Crippen LogP) is 3.55. The van der Waals surface area contributed by atoms with Crippen LogP contribution in [-0.4, -0.2) is 37.4 Å². The van der Waals surface area contributed by atoms with Crippen molar-refractivity contribution in [2.24, 2.45) is 5.92 Å². The van der Waals surface area contributed by atoms with Gasteiger partial charge < -0.3 is 19.9 Å². The van der Waals surface area contributed by atoms with Gasteiger partial charge in [0.15, 0.2) is 0 Å². The van der Waals surface area contributed by atoms with Crippen molar-refractivity contribution < 1.29 is 36.9 Å². The lowest BCUT2D eigenvalue weighted by atomic mass is 9.72. The third kappa shape index (κ3) is 6.09. The maximum Gasteiger partial charge on any atom is 0.620 e. The van der Waals surface area contributed by atoms with E-state index in [1.165, 1.54) is 12.1 Å². The standard InChI is InChI=1S/C23H24BF3N2O5/c1-13(2)10-19(24-33-18-11-14(3)8-9-16(18)22(32)34-24)29-20(30)12-28-21(31)15-6-4-5-7-17(15)23(25,26)27/h4-9,11,13,19H,10,12H2,1-3H3,(H,28,31)(H,29,30)/t19-/m0/s1. The highest BCUT2D eigenvalue weighted by molar-refractivity contribution is 6.51. The van der Waals surface area contributed by atoms with Crippen LogP contribution in [0.5, 0.6) is 5.75 Å². The summed E-state index contributed by atoms with van der Waals surface area (Å²) in [5.41, 5.74) is -0.536. The minimum atomic E-state index is -4.71. The van der Waals surface area contributed by atoms with Gasteiger partial charge >= 0.3 is 19.3 Å².